The Balaban J connectivity index is 1.61. The van der Waals surface area contributed by atoms with Crippen LogP contribution in [0.2, 0.25) is 0 Å². The van der Waals surface area contributed by atoms with Gasteiger partial charge in [0.2, 0.25) is 0 Å². The summed E-state index contributed by atoms with van der Waals surface area (Å²) in [7, 11) is 0. The van der Waals surface area contributed by atoms with Crippen molar-refractivity contribution in [3.05, 3.63) is 0 Å². The lowest BCUT2D eigenvalue weighted by Gasteiger charge is -2.59. The zero-order valence-corrected chi connectivity index (χ0v) is 13.1. The minimum atomic E-state index is 0.466. The molecule has 0 spiro atoms. The molecule has 0 amide bonds. The number of Topliss-reactive ketones (excluding diaryl/α,β-unsaturated/α-hetero) is 1. The summed E-state index contributed by atoms with van der Waals surface area (Å²) in [6.07, 6.45) is 14.8. The summed E-state index contributed by atoms with van der Waals surface area (Å²) < 4.78 is 0. The molecule has 0 heterocycles. The van der Waals surface area contributed by atoms with Gasteiger partial charge in [-0.3, -0.25) is 4.79 Å². The molecule has 0 aliphatic heterocycles. The number of hydrogen-bond donors (Lipinski definition) is 0. The standard InChI is InChI=1S/C19H30O/c1-19-12-3-2-5-13(19)8-9-15-14-6-4-7-18(20)16(14)10-11-17(15)19/h13-17H,2-12H2,1H3. The third-order valence-electron chi connectivity index (χ3n) is 7.89. The van der Waals surface area contributed by atoms with Crippen LogP contribution in [0.3, 0.4) is 0 Å². The topological polar surface area (TPSA) is 17.1 Å². The van der Waals surface area contributed by atoms with Crippen LogP contribution in [0.5, 0.6) is 0 Å². The van der Waals surface area contributed by atoms with Crippen molar-refractivity contribution in [2.75, 3.05) is 0 Å². The van der Waals surface area contributed by atoms with E-state index >= 15 is 0 Å². The number of carbonyl (C=O) groups excluding carboxylic acids is 1. The lowest BCUT2D eigenvalue weighted by molar-refractivity contribution is -0.139. The zero-order valence-electron chi connectivity index (χ0n) is 13.1. The average Bonchev–Trinajstić information content (AvgIpc) is 2.47. The molecule has 0 aromatic rings. The monoisotopic (exact) mass is 274 g/mol. The highest BCUT2D eigenvalue weighted by Gasteiger charge is 2.54. The number of hydrogen-bond acceptors (Lipinski definition) is 1. The SMILES string of the molecule is CC12CCCCC1CCC1C3CCCC(=O)C3CCC12. The lowest BCUT2D eigenvalue weighted by atomic mass is 9.46. The van der Waals surface area contributed by atoms with E-state index < -0.39 is 0 Å². The summed E-state index contributed by atoms with van der Waals surface area (Å²) in [6, 6.07) is 0. The van der Waals surface area contributed by atoms with Crippen molar-refractivity contribution in [3.8, 4) is 0 Å². The van der Waals surface area contributed by atoms with Gasteiger partial charge >= 0.3 is 0 Å². The summed E-state index contributed by atoms with van der Waals surface area (Å²) in [5, 5.41) is 0. The Labute approximate surface area is 123 Å². The summed E-state index contributed by atoms with van der Waals surface area (Å²) in [4.78, 5) is 12.3. The van der Waals surface area contributed by atoms with Gasteiger partial charge in [-0.15, -0.1) is 0 Å². The first-order chi connectivity index (χ1) is 9.70. The summed E-state index contributed by atoms with van der Waals surface area (Å²) >= 11 is 0. The molecule has 0 aromatic heterocycles. The van der Waals surface area contributed by atoms with Crippen molar-refractivity contribution < 1.29 is 4.79 Å². The Morgan fingerprint density at radius 3 is 2.70 bits per heavy atom. The number of rotatable bonds is 0. The van der Waals surface area contributed by atoms with Crippen molar-refractivity contribution in [1.29, 1.82) is 0 Å². The molecular weight excluding hydrogens is 244 g/mol. The first kappa shape index (κ1) is 13.3. The fraction of sp³-hybridized carbons (Fsp3) is 0.947. The predicted octanol–water partition coefficient (Wildman–Crippen LogP) is 4.99. The molecule has 112 valence electrons. The highest BCUT2D eigenvalue weighted by molar-refractivity contribution is 5.82. The quantitative estimate of drug-likeness (QED) is 0.608. The van der Waals surface area contributed by atoms with Gasteiger partial charge in [-0.1, -0.05) is 19.8 Å². The molecule has 0 saturated heterocycles. The van der Waals surface area contributed by atoms with Crippen molar-refractivity contribution in [1.82, 2.24) is 0 Å². The molecule has 0 radical (unpaired) electrons. The molecule has 0 N–H and O–H groups in total. The van der Waals surface area contributed by atoms with Crippen LogP contribution in [0.4, 0.5) is 0 Å². The Bertz CT molecular complexity index is 401. The minimum Gasteiger partial charge on any atom is -0.299 e. The Kier molecular flexibility index (Phi) is 3.23. The fourth-order valence-electron chi connectivity index (χ4n) is 6.92. The van der Waals surface area contributed by atoms with Gasteiger partial charge in [0.15, 0.2) is 0 Å². The van der Waals surface area contributed by atoms with Gasteiger partial charge in [0.05, 0.1) is 0 Å². The Hall–Kier alpha value is -0.330. The Morgan fingerprint density at radius 2 is 1.80 bits per heavy atom. The van der Waals surface area contributed by atoms with Crippen LogP contribution in [0.15, 0.2) is 0 Å². The Morgan fingerprint density at radius 1 is 0.900 bits per heavy atom. The molecule has 1 heteroatoms. The lowest BCUT2D eigenvalue weighted by Crippen LogP contribution is -2.52. The van der Waals surface area contributed by atoms with Crippen LogP contribution in [-0.2, 0) is 4.79 Å². The van der Waals surface area contributed by atoms with E-state index in [4.69, 9.17) is 0 Å². The minimum absolute atomic E-state index is 0.466. The summed E-state index contributed by atoms with van der Waals surface area (Å²) in [5.41, 5.74) is 0.632. The van der Waals surface area contributed by atoms with Crippen LogP contribution in [0.1, 0.15) is 77.6 Å². The molecular formula is C19H30O. The third kappa shape index (κ3) is 1.84. The smallest absolute Gasteiger partial charge is 0.136 e. The summed E-state index contributed by atoms with van der Waals surface area (Å²) in [5.74, 6) is 4.72. The van der Waals surface area contributed by atoms with Crippen LogP contribution in [0, 0.1) is 35.0 Å². The normalized spacial score (nSPS) is 51.9. The molecule has 6 unspecified atom stereocenters. The van der Waals surface area contributed by atoms with Crippen LogP contribution in [0.25, 0.3) is 0 Å². The largest absolute Gasteiger partial charge is 0.299 e. The van der Waals surface area contributed by atoms with Crippen molar-refractivity contribution in [2.24, 2.45) is 35.0 Å². The molecule has 4 saturated carbocycles. The van der Waals surface area contributed by atoms with Crippen LogP contribution < -0.4 is 0 Å². The van der Waals surface area contributed by atoms with Gasteiger partial charge in [-0.25, -0.2) is 0 Å². The maximum Gasteiger partial charge on any atom is 0.136 e. The maximum absolute atomic E-state index is 12.3. The number of carbonyl (C=O) groups is 1. The van der Waals surface area contributed by atoms with E-state index in [1.54, 1.807) is 0 Å². The highest BCUT2D eigenvalue weighted by Crippen LogP contribution is 2.62. The van der Waals surface area contributed by atoms with E-state index in [-0.39, 0.29) is 0 Å². The second-order valence-corrected chi connectivity index (χ2v) is 8.50. The van der Waals surface area contributed by atoms with Crippen molar-refractivity contribution in [3.63, 3.8) is 0 Å². The van der Waals surface area contributed by atoms with E-state index in [0.29, 0.717) is 17.1 Å². The summed E-state index contributed by atoms with van der Waals surface area (Å²) in [6.45, 7) is 2.62. The first-order valence-electron chi connectivity index (χ1n) is 9.23. The molecule has 4 aliphatic carbocycles. The van der Waals surface area contributed by atoms with Gasteiger partial charge in [0, 0.05) is 12.3 Å². The molecule has 4 aliphatic rings. The zero-order chi connectivity index (χ0) is 13.7. The number of fused-ring (bicyclic) bond motifs is 5. The van der Waals surface area contributed by atoms with Crippen LogP contribution >= 0.6 is 0 Å². The van der Waals surface area contributed by atoms with E-state index in [1.165, 1.54) is 64.2 Å². The van der Waals surface area contributed by atoms with E-state index in [2.05, 4.69) is 6.92 Å². The molecule has 4 rings (SSSR count). The van der Waals surface area contributed by atoms with E-state index in [0.717, 1.165) is 30.1 Å². The molecule has 0 bridgehead atoms. The van der Waals surface area contributed by atoms with Gasteiger partial charge in [-0.2, -0.15) is 0 Å². The van der Waals surface area contributed by atoms with Crippen LogP contribution in [-0.4, -0.2) is 5.78 Å². The predicted molar refractivity (Wildman–Crippen MR) is 81.4 cm³/mol. The number of ketones is 1. The second kappa shape index (κ2) is 4.85. The average molecular weight is 274 g/mol. The second-order valence-electron chi connectivity index (χ2n) is 8.50. The van der Waals surface area contributed by atoms with Gasteiger partial charge in [-0.05, 0) is 80.5 Å². The van der Waals surface area contributed by atoms with E-state index in [1.807, 2.05) is 0 Å². The molecule has 6 atom stereocenters. The van der Waals surface area contributed by atoms with E-state index in [9.17, 15) is 4.79 Å². The third-order valence-corrected chi connectivity index (χ3v) is 7.89. The van der Waals surface area contributed by atoms with Gasteiger partial charge in [0.1, 0.15) is 5.78 Å². The maximum atomic E-state index is 12.3. The molecule has 1 nitrogen and oxygen atoms in total. The van der Waals surface area contributed by atoms with Gasteiger partial charge < -0.3 is 0 Å². The molecule has 0 aromatic carbocycles. The van der Waals surface area contributed by atoms with Crippen molar-refractivity contribution in [2.45, 2.75) is 77.6 Å². The van der Waals surface area contributed by atoms with Gasteiger partial charge in [0.25, 0.3) is 0 Å². The molecule has 4 fully saturated rings. The highest BCUT2D eigenvalue weighted by atomic mass is 16.1. The molecule has 20 heavy (non-hydrogen) atoms. The first-order valence-corrected chi connectivity index (χ1v) is 9.23. The fourth-order valence-corrected chi connectivity index (χ4v) is 6.92. The van der Waals surface area contributed by atoms with Crippen molar-refractivity contribution >= 4 is 5.78 Å².